The van der Waals surface area contributed by atoms with E-state index in [0.717, 1.165) is 18.9 Å². The largest absolute Gasteiger partial charge is 0.327 e. The van der Waals surface area contributed by atoms with Crippen molar-refractivity contribution in [3.8, 4) is 0 Å². The molecule has 0 heterocycles. The Labute approximate surface area is 89.9 Å². The molecule has 2 atom stereocenters. The summed E-state index contributed by atoms with van der Waals surface area (Å²) < 4.78 is 0. The highest BCUT2D eigenvalue weighted by Gasteiger charge is 2.14. The molecule has 0 spiro atoms. The van der Waals surface area contributed by atoms with Crippen molar-refractivity contribution < 1.29 is 0 Å². The summed E-state index contributed by atoms with van der Waals surface area (Å²) in [6.45, 7) is 12.3. The molecule has 86 valence electrons. The van der Waals surface area contributed by atoms with E-state index < -0.39 is 0 Å². The molecule has 14 heavy (non-hydrogen) atoms. The molecule has 0 aliphatic heterocycles. The second-order valence-electron chi connectivity index (χ2n) is 5.16. The summed E-state index contributed by atoms with van der Waals surface area (Å²) in [6, 6.07) is 0.992. The van der Waals surface area contributed by atoms with Crippen LogP contribution in [0.3, 0.4) is 0 Å². The minimum absolute atomic E-state index is 0.344. The van der Waals surface area contributed by atoms with Crippen LogP contribution in [0.5, 0.6) is 0 Å². The third-order valence-electron chi connectivity index (χ3n) is 3.33. The monoisotopic (exact) mass is 200 g/mol. The molecule has 2 heteroatoms. The molecule has 0 saturated heterocycles. The molecule has 0 aromatic carbocycles. The topological polar surface area (TPSA) is 29.3 Å². The number of nitrogens with two attached hydrogens (primary N) is 1. The van der Waals surface area contributed by atoms with Gasteiger partial charge in [-0.25, -0.2) is 0 Å². The van der Waals surface area contributed by atoms with E-state index in [1.807, 2.05) is 0 Å². The molecule has 0 aromatic rings. The van der Waals surface area contributed by atoms with Gasteiger partial charge in [-0.3, -0.25) is 0 Å². The lowest BCUT2D eigenvalue weighted by Crippen LogP contribution is -2.37. The van der Waals surface area contributed by atoms with Crippen LogP contribution in [0.1, 0.15) is 41.0 Å². The van der Waals surface area contributed by atoms with Crippen LogP contribution in [-0.4, -0.2) is 30.6 Å². The van der Waals surface area contributed by atoms with E-state index in [9.17, 15) is 0 Å². The van der Waals surface area contributed by atoms with E-state index in [-0.39, 0.29) is 0 Å². The molecule has 0 fully saturated rings. The van der Waals surface area contributed by atoms with Gasteiger partial charge in [0.2, 0.25) is 0 Å². The average molecular weight is 200 g/mol. The van der Waals surface area contributed by atoms with Gasteiger partial charge in [0.1, 0.15) is 0 Å². The predicted octanol–water partition coefficient (Wildman–Crippen LogP) is 2.34. The van der Waals surface area contributed by atoms with Crippen LogP contribution in [-0.2, 0) is 0 Å². The van der Waals surface area contributed by atoms with Crippen molar-refractivity contribution >= 4 is 0 Å². The molecule has 0 radical (unpaired) electrons. The quantitative estimate of drug-likeness (QED) is 0.713. The maximum Gasteiger partial charge on any atom is 0.00868 e. The van der Waals surface area contributed by atoms with Gasteiger partial charge in [0, 0.05) is 12.1 Å². The maximum absolute atomic E-state index is 6.01. The number of hydrogen-bond donors (Lipinski definition) is 1. The molecule has 2 nitrogen and oxygen atoms in total. The molecule has 0 amide bonds. The van der Waals surface area contributed by atoms with Gasteiger partial charge in [-0.05, 0) is 38.8 Å². The Morgan fingerprint density at radius 1 is 1.00 bits per heavy atom. The maximum atomic E-state index is 6.01. The Hall–Kier alpha value is -0.0800. The first-order valence-corrected chi connectivity index (χ1v) is 5.82. The lowest BCUT2D eigenvalue weighted by molar-refractivity contribution is 0.197. The normalized spacial score (nSPS) is 16.7. The van der Waals surface area contributed by atoms with Crippen LogP contribution in [0.4, 0.5) is 0 Å². The SMILES string of the molecule is CC(C)C(N)CCN(C)C(C)C(C)C. The third-order valence-corrected chi connectivity index (χ3v) is 3.33. The van der Waals surface area contributed by atoms with Gasteiger partial charge in [-0.15, -0.1) is 0 Å². The van der Waals surface area contributed by atoms with Crippen LogP contribution < -0.4 is 5.73 Å². The number of rotatable bonds is 6. The van der Waals surface area contributed by atoms with Crippen LogP contribution in [0.15, 0.2) is 0 Å². The van der Waals surface area contributed by atoms with Crippen LogP contribution in [0.25, 0.3) is 0 Å². The highest BCUT2D eigenvalue weighted by molar-refractivity contribution is 4.71. The van der Waals surface area contributed by atoms with E-state index in [1.54, 1.807) is 0 Å². The standard InChI is InChI=1S/C12H28N2/c1-9(2)11(5)14(6)8-7-12(13)10(3)4/h9-12H,7-8,13H2,1-6H3. The second-order valence-corrected chi connectivity index (χ2v) is 5.16. The zero-order chi connectivity index (χ0) is 11.3. The smallest absolute Gasteiger partial charge is 0.00868 e. The highest BCUT2D eigenvalue weighted by atomic mass is 15.1. The van der Waals surface area contributed by atoms with Gasteiger partial charge < -0.3 is 10.6 Å². The molecule has 2 N–H and O–H groups in total. The zero-order valence-corrected chi connectivity index (χ0v) is 10.7. The lowest BCUT2D eigenvalue weighted by Gasteiger charge is -2.29. The van der Waals surface area contributed by atoms with Crippen LogP contribution in [0, 0.1) is 11.8 Å². The summed E-state index contributed by atoms with van der Waals surface area (Å²) in [5, 5.41) is 0. The van der Waals surface area contributed by atoms with Crippen molar-refractivity contribution in [3.63, 3.8) is 0 Å². The van der Waals surface area contributed by atoms with Crippen molar-refractivity contribution in [2.45, 2.75) is 53.1 Å². The minimum atomic E-state index is 0.344. The van der Waals surface area contributed by atoms with Gasteiger partial charge in [0.25, 0.3) is 0 Å². The Kier molecular flexibility index (Phi) is 6.38. The summed E-state index contributed by atoms with van der Waals surface area (Å²) >= 11 is 0. The molecular formula is C12H28N2. The fourth-order valence-corrected chi connectivity index (χ4v) is 1.40. The summed E-state index contributed by atoms with van der Waals surface area (Å²) in [5.74, 6) is 1.31. The highest BCUT2D eigenvalue weighted by Crippen LogP contribution is 2.10. The van der Waals surface area contributed by atoms with E-state index in [1.165, 1.54) is 0 Å². The molecule has 0 aliphatic carbocycles. The van der Waals surface area contributed by atoms with Crippen molar-refractivity contribution in [1.29, 1.82) is 0 Å². The number of nitrogens with zero attached hydrogens (tertiary/aromatic N) is 1. The predicted molar refractivity (Wildman–Crippen MR) is 64.4 cm³/mol. The molecule has 0 aromatic heterocycles. The third kappa shape index (κ3) is 4.97. The molecule has 2 unspecified atom stereocenters. The molecule has 0 aliphatic rings. The van der Waals surface area contributed by atoms with E-state index in [2.05, 4.69) is 46.6 Å². The average Bonchev–Trinajstić information content (AvgIpc) is 2.11. The summed E-state index contributed by atoms with van der Waals surface area (Å²) in [5.41, 5.74) is 6.01. The van der Waals surface area contributed by atoms with Gasteiger partial charge in [0.15, 0.2) is 0 Å². The van der Waals surface area contributed by atoms with Gasteiger partial charge >= 0.3 is 0 Å². The Balaban J connectivity index is 3.78. The van der Waals surface area contributed by atoms with Crippen molar-refractivity contribution in [1.82, 2.24) is 4.90 Å². The van der Waals surface area contributed by atoms with Crippen molar-refractivity contribution in [2.24, 2.45) is 17.6 Å². The van der Waals surface area contributed by atoms with Gasteiger partial charge in [-0.1, -0.05) is 27.7 Å². The lowest BCUT2D eigenvalue weighted by atomic mass is 10.0. The first kappa shape index (κ1) is 13.9. The fraction of sp³-hybridized carbons (Fsp3) is 1.00. The zero-order valence-electron chi connectivity index (χ0n) is 10.7. The first-order chi connectivity index (χ1) is 6.36. The second kappa shape index (κ2) is 6.41. The van der Waals surface area contributed by atoms with Crippen molar-refractivity contribution in [3.05, 3.63) is 0 Å². The van der Waals surface area contributed by atoms with E-state index in [0.29, 0.717) is 18.0 Å². The Morgan fingerprint density at radius 3 is 1.86 bits per heavy atom. The van der Waals surface area contributed by atoms with Crippen LogP contribution >= 0.6 is 0 Å². The molecule has 0 bridgehead atoms. The van der Waals surface area contributed by atoms with Crippen LogP contribution in [0.2, 0.25) is 0 Å². The molecule has 0 saturated carbocycles. The fourth-order valence-electron chi connectivity index (χ4n) is 1.40. The molecular weight excluding hydrogens is 172 g/mol. The summed E-state index contributed by atoms with van der Waals surface area (Å²) in [7, 11) is 2.19. The first-order valence-electron chi connectivity index (χ1n) is 5.82. The van der Waals surface area contributed by atoms with E-state index >= 15 is 0 Å². The Bertz CT molecular complexity index is 143. The molecule has 0 rings (SSSR count). The van der Waals surface area contributed by atoms with E-state index in [4.69, 9.17) is 5.73 Å². The van der Waals surface area contributed by atoms with Gasteiger partial charge in [0.05, 0.1) is 0 Å². The number of hydrogen-bond acceptors (Lipinski definition) is 2. The summed E-state index contributed by atoms with van der Waals surface area (Å²) in [4.78, 5) is 2.41. The summed E-state index contributed by atoms with van der Waals surface area (Å²) in [6.07, 6.45) is 1.10. The van der Waals surface area contributed by atoms with Gasteiger partial charge in [-0.2, -0.15) is 0 Å². The van der Waals surface area contributed by atoms with Crippen molar-refractivity contribution in [2.75, 3.05) is 13.6 Å². The minimum Gasteiger partial charge on any atom is -0.327 e. The Morgan fingerprint density at radius 2 is 1.50 bits per heavy atom.